The Morgan fingerprint density at radius 2 is 1.60 bits per heavy atom. The molecule has 2 aromatic carbocycles. The van der Waals surface area contributed by atoms with Crippen molar-refractivity contribution in [3.8, 4) is 11.1 Å². The summed E-state index contributed by atoms with van der Waals surface area (Å²) in [4.78, 5) is 18.7. The SMILES string of the molecule is O=c1[nH]cnc2c(-c3ccc(S(=O)(=O)c4ccccc4)cc3)cnn12. The van der Waals surface area contributed by atoms with Crippen LogP contribution in [0.1, 0.15) is 0 Å². The Morgan fingerprint density at radius 1 is 0.920 bits per heavy atom. The van der Waals surface area contributed by atoms with Crippen molar-refractivity contribution in [3.05, 3.63) is 77.6 Å². The molecule has 0 aliphatic carbocycles. The van der Waals surface area contributed by atoms with E-state index in [1.165, 1.54) is 24.7 Å². The van der Waals surface area contributed by atoms with Gasteiger partial charge in [-0.1, -0.05) is 30.3 Å². The molecular formula is C17H12N4O3S. The normalized spacial score (nSPS) is 11.7. The van der Waals surface area contributed by atoms with Gasteiger partial charge in [0.25, 0.3) is 0 Å². The van der Waals surface area contributed by atoms with Crippen LogP contribution in [0.5, 0.6) is 0 Å². The molecular weight excluding hydrogens is 340 g/mol. The molecule has 0 aliphatic rings. The minimum absolute atomic E-state index is 0.199. The zero-order valence-electron chi connectivity index (χ0n) is 12.8. The molecule has 0 aliphatic heterocycles. The van der Waals surface area contributed by atoms with Gasteiger partial charge in [0.2, 0.25) is 9.84 Å². The molecule has 0 atom stereocenters. The summed E-state index contributed by atoms with van der Waals surface area (Å²) >= 11 is 0. The van der Waals surface area contributed by atoms with E-state index in [0.717, 1.165) is 10.1 Å². The van der Waals surface area contributed by atoms with Gasteiger partial charge < -0.3 is 0 Å². The van der Waals surface area contributed by atoms with Gasteiger partial charge in [-0.2, -0.15) is 9.61 Å². The highest BCUT2D eigenvalue weighted by atomic mass is 32.2. The smallest absolute Gasteiger partial charge is 0.296 e. The summed E-state index contributed by atoms with van der Waals surface area (Å²) < 4.78 is 26.4. The third-order valence-corrected chi connectivity index (χ3v) is 5.63. The molecule has 124 valence electrons. The first-order valence-corrected chi connectivity index (χ1v) is 8.88. The molecule has 0 saturated carbocycles. The zero-order valence-corrected chi connectivity index (χ0v) is 13.6. The Morgan fingerprint density at radius 3 is 2.32 bits per heavy atom. The number of hydrogen-bond donors (Lipinski definition) is 1. The number of nitrogens with one attached hydrogen (secondary N) is 1. The number of rotatable bonds is 3. The lowest BCUT2D eigenvalue weighted by Crippen LogP contribution is -2.17. The van der Waals surface area contributed by atoms with Gasteiger partial charge in [-0.25, -0.2) is 18.2 Å². The summed E-state index contributed by atoms with van der Waals surface area (Å²) in [5.74, 6) is 0. The van der Waals surface area contributed by atoms with Crippen LogP contribution in [0, 0.1) is 0 Å². The molecule has 0 amide bonds. The highest BCUT2D eigenvalue weighted by Gasteiger charge is 2.17. The highest BCUT2D eigenvalue weighted by Crippen LogP contribution is 2.26. The van der Waals surface area contributed by atoms with Crippen molar-refractivity contribution in [3.63, 3.8) is 0 Å². The molecule has 0 spiro atoms. The third-order valence-electron chi connectivity index (χ3n) is 3.84. The average Bonchev–Trinajstić information content (AvgIpc) is 3.08. The molecule has 4 rings (SSSR count). The van der Waals surface area contributed by atoms with Crippen molar-refractivity contribution in [2.75, 3.05) is 0 Å². The summed E-state index contributed by atoms with van der Waals surface area (Å²) in [6.45, 7) is 0. The minimum Gasteiger partial charge on any atom is -0.296 e. The number of fused-ring (bicyclic) bond motifs is 1. The van der Waals surface area contributed by atoms with E-state index in [1.807, 2.05) is 0 Å². The fraction of sp³-hybridized carbons (Fsp3) is 0. The first-order valence-electron chi connectivity index (χ1n) is 7.39. The number of aromatic nitrogens is 4. The number of hydrogen-bond acceptors (Lipinski definition) is 5. The second-order valence-electron chi connectivity index (χ2n) is 5.34. The molecule has 2 heterocycles. The zero-order chi connectivity index (χ0) is 17.4. The van der Waals surface area contributed by atoms with Crippen molar-refractivity contribution in [1.82, 2.24) is 19.6 Å². The van der Waals surface area contributed by atoms with Crippen LogP contribution in [0.25, 0.3) is 16.8 Å². The largest absolute Gasteiger partial charge is 0.349 e. The Labute approximate surface area is 142 Å². The maximum absolute atomic E-state index is 12.6. The Balaban J connectivity index is 1.78. The van der Waals surface area contributed by atoms with Crippen LogP contribution < -0.4 is 5.69 Å². The van der Waals surface area contributed by atoms with E-state index in [9.17, 15) is 13.2 Å². The molecule has 0 fully saturated rings. The van der Waals surface area contributed by atoms with Gasteiger partial charge in [-0.15, -0.1) is 0 Å². The van der Waals surface area contributed by atoms with Gasteiger partial charge in [0, 0.05) is 5.56 Å². The predicted octanol–water partition coefficient (Wildman–Crippen LogP) is 1.92. The highest BCUT2D eigenvalue weighted by molar-refractivity contribution is 7.91. The second-order valence-corrected chi connectivity index (χ2v) is 7.29. The Bertz CT molecular complexity index is 1210. The van der Waals surface area contributed by atoms with E-state index < -0.39 is 9.84 Å². The molecule has 25 heavy (non-hydrogen) atoms. The van der Waals surface area contributed by atoms with Gasteiger partial charge in [-0.3, -0.25) is 4.98 Å². The molecule has 7 nitrogen and oxygen atoms in total. The van der Waals surface area contributed by atoms with Gasteiger partial charge in [0.05, 0.1) is 22.3 Å². The van der Waals surface area contributed by atoms with Crippen molar-refractivity contribution in [2.45, 2.75) is 9.79 Å². The number of sulfone groups is 1. The molecule has 0 bridgehead atoms. The fourth-order valence-electron chi connectivity index (χ4n) is 2.58. The Hall–Kier alpha value is -3.26. The number of H-pyrrole nitrogens is 1. The number of nitrogens with zero attached hydrogens (tertiary/aromatic N) is 3. The maximum Gasteiger partial charge on any atom is 0.349 e. The van der Waals surface area contributed by atoms with Gasteiger partial charge in [0.1, 0.15) is 0 Å². The van der Waals surface area contributed by atoms with E-state index in [1.54, 1.807) is 42.5 Å². The third kappa shape index (κ3) is 2.52. The number of benzene rings is 2. The van der Waals surface area contributed by atoms with E-state index in [0.29, 0.717) is 11.2 Å². The summed E-state index contributed by atoms with van der Waals surface area (Å²) in [6, 6.07) is 14.7. The van der Waals surface area contributed by atoms with Crippen LogP contribution in [0.4, 0.5) is 0 Å². The lowest BCUT2D eigenvalue weighted by atomic mass is 10.1. The Kier molecular flexibility index (Phi) is 3.47. The molecule has 8 heteroatoms. The average molecular weight is 352 g/mol. The summed E-state index contributed by atoms with van der Waals surface area (Å²) in [5.41, 5.74) is 1.39. The van der Waals surface area contributed by atoms with Crippen LogP contribution in [0.2, 0.25) is 0 Å². The van der Waals surface area contributed by atoms with Crippen LogP contribution in [0.3, 0.4) is 0 Å². The first-order chi connectivity index (χ1) is 12.1. The van der Waals surface area contributed by atoms with Crippen molar-refractivity contribution < 1.29 is 8.42 Å². The van der Waals surface area contributed by atoms with E-state index in [4.69, 9.17) is 0 Å². The maximum atomic E-state index is 12.6. The first kappa shape index (κ1) is 15.3. The standard InChI is InChI=1S/C17H12N4O3S/c22-17-19-11-18-16-15(10-20-21(16)17)12-6-8-14(9-7-12)25(23,24)13-4-2-1-3-5-13/h1-11H,(H,18,19,22). The van der Waals surface area contributed by atoms with E-state index >= 15 is 0 Å². The van der Waals surface area contributed by atoms with Gasteiger partial charge in [-0.05, 0) is 29.8 Å². The molecule has 1 N–H and O–H groups in total. The second kappa shape index (κ2) is 5.67. The molecule has 0 radical (unpaired) electrons. The van der Waals surface area contributed by atoms with Crippen molar-refractivity contribution in [1.29, 1.82) is 0 Å². The fourth-order valence-corrected chi connectivity index (χ4v) is 3.86. The molecule has 2 aromatic heterocycles. The van der Waals surface area contributed by atoms with Crippen molar-refractivity contribution >= 4 is 15.5 Å². The van der Waals surface area contributed by atoms with Crippen LogP contribution >= 0.6 is 0 Å². The lowest BCUT2D eigenvalue weighted by molar-refractivity contribution is 0.596. The van der Waals surface area contributed by atoms with Gasteiger partial charge in [0.15, 0.2) is 5.65 Å². The van der Waals surface area contributed by atoms with E-state index in [-0.39, 0.29) is 15.5 Å². The summed E-state index contributed by atoms with van der Waals surface area (Å²) in [7, 11) is -3.57. The van der Waals surface area contributed by atoms with Crippen LogP contribution in [-0.2, 0) is 9.84 Å². The molecule has 4 aromatic rings. The lowest BCUT2D eigenvalue weighted by Gasteiger charge is -2.05. The minimum atomic E-state index is -3.57. The topological polar surface area (TPSA) is 97.2 Å². The monoisotopic (exact) mass is 352 g/mol. The number of aromatic amines is 1. The predicted molar refractivity (Wildman–Crippen MR) is 90.9 cm³/mol. The van der Waals surface area contributed by atoms with E-state index in [2.05, 4.69) is 15.1 Å². The quantitative estimate of drug-likeness (QED) is 0.607. The van der Waals surface area contributed by atoms with Crippen LogP contribution in [-0.4, -0.2) is 28.0 Å². The molecule has 0 saturated heterocycles. The van der Waals surface area contributed by atoms with Crippen molar-refractivity contribution in [2.24, 2.45) is 0 Å². The summed E-state index contributed by atoms with van der Waals surface area (Å²) in [5, 5.41) is 4.01. The molecule has 0 unspecified atom stereocenters. The summed E-state index contributed by atoms with van der Waals surface area (Å²) in [6.07, 6.45) is 2.83. The van der Waals surface area contributed by atoms with Crippen LogP contribution in [0.15, 0.2) is 81.7 Å². The van der Waals surface area contributed by atoms with Gasteiger partial charge >= 0.3 is 5.69 Å².